The van der Waals surface area contributed by atoms with Crippen LogP contribution in [0.25, 0.3) is 0 Å². The van der Waals surface area contributed by atoms with Gasteiger partial charge in [0.1, 0.15) is 11.6 Å². The van der Waals surface area contributed by atoms with Gasteiger partial charge in [0.15, 0.2) is 5.78 Å². The minimum absolute atomic E-state index is 0.176. The Labute approximate surface area is 93.5 Å². The van der Waals surface area contributed by atoms with Crippen LogP contribution in [0.1, 0.15) is 30.1 Å². The van der Waals surface area contributed by atoms with Gasteiger partial charge in [-0.15, -0.1) is 0 Å². The summed E-state index contributed by atoms with van der Waals surface area (Å²) in [5.41, 5.74) is 5.15. The van der Waals surface area contributed by atoms with Gasteiger partial charge in [-0.05, 0) is 37.6 Å². The quantitative estimate of drug-likeness (QED) is 0.785. The number of hydrogen-bond acceptors (Lipinski definition) is 2. The monoisotopic (exact) mass is 227 g/mol. The summed E-state index contributed by atoms with van der Waals surface area (Å²) >= 11 is 0. The fourth-order valence-corrected chi connectivity index (χ4v) is 1.51. The first-order valence-electron chi connectivity index (χ1n) is 5.25. The van der Waals surface area contributed by atoms with E-state index in [4.69, 9.17) is 5.73 Å². The number of nitrogens with two attached hydrogens (primary N) is 1. The fraction of sp³-hybridized carbons (Fsp3) is 0.417. The van der Waals surface area contributed by atoms with Gasteiger partial charge in [0.05, 0.1) is 5.56 Å². The van der Waals surface area contributed by atoms with Crippen molar-refractivity contribution in [2.24, 2.45) is 11.7 Å². The Hall–Kier alpha value is -1.29. The Balaban J connectivity index is 2.83. The molecule has 16 heavy (non-hydrogen) atoms. The Bertz CT molecular complexity index is 379. The molecule has 0 bridgehead atoms. The molecule has 0 saturated heterocycles. The van der Waals surface area contributed by atoms with Crippen molar-refractivity contribution in [3.63, 3.8) is 0 Å². The van der Waals surface area contributed by atoms with E-state index in [-0.39, 0.29) is 17.3 Å². The van der Waals surface area contributed by atoms with E-state index in [2.05, 4.69) is 0 Å². The lowest BCUT2D eigenvalue weighted by molar-refractivity contribution is 0.0918. The lowest BCUT2D eigenvalue weighted by atomic mass is 9.95. The predicted molar refractivity (Wildman–Crippen MR) is 58.1 cm³/mol. The van der Waals surface area contributed by atoms with Gasteiger partial charge in [0.25, 0.3) is 0 Å². The number of carbonyl (C=O) groups is 1. The fourth-order valence-electron chi connectivity index (χ4n) is 1.51. The summed E-state index contributed by atoms with van der Waals surface area (Å²) in [6, 6.07) is 2.91. The van der Waals surface area contributed by atoms with Gasteiger partial charge in [0.2, 0.25) is 0 Å². The molecule has 4 heteroatoms. The number of hydrogen-bond donors (Lipinski definition) is 1. The zero-order chi connectivity index (χ0) is 12.1. The first-order chi connectivity index (χ1) is 7.56. The first kappa shape index (κ1) is 12.8. The van der Waals surface area contributed by atoms with Crippen LogP contribution in [0.2, 0.25) is 0 Å². The molecule has 0 amide bonds. The van der Waals surface area contributed by atoms with Crippen molar-refractivity contribution in [3.8, 4) is 0 Å². The highest BCUT2D eigenvalue weighted by Gasteiger charge is 2.18. The van der Waals surface area contributed by atoms with Crippen LogP contribution in [0.4, 0.5) is 8.78 Å². The Morgan fingerprint density at radius 3 is 2.75 bits per heavy atom. The number of halogens is 2. The maximum Gasteiger partial charge on any atom is 0.168 e. The van der Waals surface area contributed by atoms with Crippen LogP contribution >= 0.6 is 0 Å². The van der Waals surface area contributed by atoms with Gasteiger partial charge in [-0.1, -0.05) is 6.92 Å². The van der Waals surface area contributed by atoms with Gasteiger partial charge in [-0.2, -0.15) is 0 Å². The second-order valence-corrected chi connectivity index (χ2v) is 3.82. The highest BCUT2D eigenvalue weighted by molar-refractivity contribution is 5.97. The molecule has 1 aromatic carbocycles. The third kappa shape index (κ3) is 3.10. The zero-order valence-corrected chi connectivity index (χ0v) is 9.17. The Morgan fingerprint density at radius 1 is 1.44 bits per heavy atom. The Kier molecular flexibility index (Phi) is 4.55. The molecule has 88 valence electrons. The molecule has 2 nitrogen and oxygen atoms in total. The van der Waals surface area contributed by atoms with E-state index in [0.29, 0.717) is 19.4 Å². The minimum Gasteiger partial charge on any atom is -0.330 e. The highest BCUT2D eigenvalue weighted by Crippen LogP contribution is 2.17. The normalized spacial score (nSPS) is 12.5. The van der Waals surface area contributed by atoms with E-state index in [1.165, 1.54) is 0 Å². The zero-order valence-electron chi connectivity index (χ0n) is 9.17. The molecule has 1 rings (SSSR count). The van der Waals surface area contributed by atoms with Crippen molar-refractivity contribution < 1.29 is 13.6 Å². The van der Waals surface area contributed by atoms with Crippen molar-refractivity contribution in [1.82, 2.24) is 0 Å². The van der Waals surface area contributed by atoms with E-state index in [0.717, 1.165) is 18.2 Å². The number of benzene rings is 1. The molecular formula is C12H15F2NO. The van der Waals surface area contributed by atoms with Crippen LogP contribution in [-0.2, 0) is 0 Å². The van der Waals surface area contributed by atoms with Gasteiger partial charge < -0.3 is 5.73 Å². The third-order valence-electron chi connectivity index (χ3n) is 2.48. The lowest BCUT2D eigenvalue weighted by Gasteiger charge is -2.10. The van der Waals surface area contributed by atoms with Crippen molar-refractivity contribution >= 4 is 5.78 Å². The topological polar surface area (TPSA) is 43.1 Å². The van der Waals surface area contributed by atoms with Gasteiger partial charge in [0, 0.05) is 5.92 Å². The molecular weight excluding hydrogens is 212 g/mol. The summed E-state index contributed by atoms with van der Waals surface area (Å²) in [6.45, 7) is 2.19. The van der Waals surface area contributed by atoms with E-state index < -0.39 is 11.6 Å². The SMILES string of the molecule is CC(CCCN)C(=O)c1cc(F)ccc1F. The van der Waals surface area contributed by atoms with Crippen LogP contribution < -0.4 is 5.73 Å². The summed E-state index contributed by atoms with van der Waals surface area (Å²) in [7, 11) is 0. The number of Topliss-reactive ketones (excluding diaryl/α,β-unsaturated/α-hetero) is 1. The molecule has 0 fully saturated rings. The van der Waals surface area contributed by atoms with Crippen molar-refractivity contribution in [3.05, 3.63) is 35.4 Å². The maximum absolute atomic E-state index is 13.3. The molecule has 1 aromatic rings. The number of ketones is 1. The molecule has 0 aliphatic heterocycles. The molecule has 0 heterocycles. The highest BCUT2D eigenvalue weighted by atomic mass is 19.1. The standard InChI is InChI=1S/C12H15F2NO/c1-8(3-2-6-15)12(16)10-7-9(13)4-5-11(10)14/h4-5,7-8H,2-3,6,15H2,1H3. The number of carbonyl (C=O) groups excluding carboxylic acids is 1. The van der Waals surface area contributed by atoms with Gasteiger partial charge in [-0.25, -0.2) is 8.78 Å². The van der Waals surface area contributed by atoms with Crippen LogP contribution in [-0.4, -0.2) is 12.3 Å². The van der Waals surface area contributed by atoms with E-state index >= 15 is 0 Å². The van der Waals surface area contributed by atoms with Gasteiger partial charge >= 0.3 is 0 Å². The second kappa shape index (κ2) is 5.70. The average molecular weight is 227 g/mol. The van der Waals surface area contributed by atoms with E-state index in [1.807, 2.05) is 0 Å². The maximum atomic E-state index is 13.3. The molecule has 1 unspecified atom stereocenters. The predicted octanol–water partition coefficient (Wildman–Crippen LogP) is 2.52. The summed E-state index contributed by atoms with van der Waals surface area (Å²) in [5, 5.41) is 0. The molecule has 0 aliphatic carbocycles. The van der Waals surface area contributed by atoms with Crippen LogP contribution in [0.5, 0.6) is 0 Å². The molecule has 1 atom stereocenters. The third-order valence-corrected chi connectivity index (χ3v) is 2.48. The molecule has 0 aliphatic rings. The average Bonchev–Trinajstić information content (AvgIpc) is 2.28. The summed E-state index contributed by atoms with van der Waals surface area (Å²) < 4.78 is 26.2. The van der Waals surface area contributed by atoms with Crippen molar-refractivity contribution in [2.75, 3.05) is 6.54 Å². The molecule has 0 aromatic heterocycles. The van der Waals surface area contributed by atoms with Gasteiger partial charge in [-0.3, -0.25) is 4.79 Å². The van der Waals surface area contributed by atoms with Crippen LogP contribution in [0.3, 0.4) is 0 Å². The Morgan fingerprint density at radius 2 is 2.12 bits per heavy atom. The van der Waals surface area contributed by atoms with E-state index in [1.54, 1.807) is 6.92 Å². The lowest BCUT2D eigenvalue weighted by Crippen LogP contribution is -2.15. The minimum atomic E-state index is -0.675. The molecule has 0 saturated carbocycles. The summed E-state index contributed by atoms with van der Waals surface area (Å²) in [5.74, 6) is -1.98. The largest absolute Gasteiger partial charge is 0.330 e. The first-order valence-corrected chi connectivity index (χ1v) is 5.25. The van der Waals surface area contributed by atoms with E-state index in [9.17, 15) is 13.6 Å². The summed E-state index contributed by atoms with van der Waals surface area (Å²) in [4.78, 5) is 11.8. The van der Waals surface area contributed by atoms with Crippen molar-refractivity contribution in [1.29, 1.82) is 0 Å². The van der Waals surface area contributed by atoms with Crippen molar-refractivity contribution in [2.45, 2.75) is 19.8 Å². The molecule has 0 spiro atoms. The van der Waals surface area contributed by atoms with Crippen LogP contribution in [0.15, 0.2) is 18.2 Å². The smallest absolute Gasteiger partial charge is 0.168 e. The number of rotatable bonds is 5. The van der Waals surface area contributed by atoms with Crippen LogP contribution in [0, 0.1) is 17.6 Å². The summed E-state index contributed by atoms with van der Waals surface area (Å²) in [6.07, 6.45) is 1.29. The molecule has 0 radical (unpaired) electrons. The molecule has 2 N–H and O–H groups in total. The second-order valence-electron chi connectivity index (χ2n) is 3.82.